The maximum atomic E-state index is 12.9. The normalized spacial score (nSPS) is 21.5. The molecule has 1 aliphatic rings. The summed E-state index contributed by atoms with van der Waals surface area (Å²) in [6, 6.07) is 13.8. The summed E-state index contributed by atoms with van der Waals surface area (Å²) in [4.78, 5) is 14.6. The van der Waals surface area contributed by atoms with Crippen LogP contribution in [-0.2, 0) is 9.53 Å². The van der Waals surface area contributed by atoms with Gasteiger partial charge in [0.05, 0.1) is 12.0 Å². The van der Waals surface area contributed by atoms with E-state index in [1.54, 1.807) is 48.3 Å². The predicted octanol–water partition coefficient (Wildman–Crippen LogP) is 3.05. The molecule has 25 heavy (non-hydrogen) atoms. The van der Waals surface area contributed by atoms with Gasteiger partial charge >= 0.3 is 0 Å². The van der Waals surface area contributed by atoms with Gasteiger partial charge in [0, 0.05) is 26.1 Å². The molecule has 3 atom stereocenters. The van der Waals surface area contributed by atoms with Gasteiger partial charge in [0.1, 0.15) is 11.5 Å². The topological polar surface area (TPSA) is 70.0 Å². The van der Waals surface area contributed by atoms with Crippen LogP contribution in [0.15, 0.2) is 48.5 Å². The Morgan fingerprint density at radius 1 is 1.08 bits per heavy atom. The first kappa shape index (κ1) is 17.3. The minimum absolute atomic E-state index is 0.0246. The molecule has 5 heteroatoms. The number of carbonyl (C=O) groups is 1. The van der Waals surface area contributed by atoms with Crippen LogP contribution in [0.25, 0.3) is 0 Å². The highest BCUT2D eigenvalue weighted by Gasteiger charge is 2.45. The van der Waals surface area contributed by atoms with Crippen LogP contribution < -0.4 is 0 Å². The van der Waals surface area contributed by atoms with Crippen LogP contribution in [0.3, 0.4) is 0 Å². The van der Waals surface area contributed by atoms with Crippen molar-refractivity contribution in [3.63, 3.8) is 0 Å². The third-order valence-corrected chi connectivity index (χ3v) is 4.78. The van der Waals surface area contributed by atoms with E-state index in [9.17, 15) is 15.0 Å². The predicted molar refractivity (Wildman–Crippen MR) is 94.4 cm³/mol. The van der Waals surface area contributed by atoms with E-state index in [1.807, 2.05) is 19.1 Å². The first-order valence-corrected chi connectivity index (χ1v) is 8.45. The Labute approximate surface area is 147 Å². The quantitative estimate of drug-likeness (QED) is 0.877. The van der Waals surface area contributed by atoms with E-state index >= 15 is 0 Å². The smallest absolute Gasteiger partial charge is 0.229 e. The van der Waals surface area contributed by atoms with Gasteiger partial charge in [-0.2, -0.15) is 0 Å². The number of phenolic OH excluding ortho intramolecular Hbond substituents is 2. The third-order valence-electron chi connectivity index (χ3n) is 4.78. The van der Waals surface area contributed by atoms with Crippen molar-refractivity contribution >= 4 is 5.91 Å². The third kappa shape index (κ3) is 3.46. The van der Waals surface area contributed by atoms with Crippen molar-refractivity contribution < 1.29 is 19.7 Å². The Hall–Kier alpha value is -2.53. The molecule has 1 amide bonds. The summed E-state index contributed by atoms with van der Waals surface area (Å²) in [5.74, 6) is 0.0638. The largest absolute Gasteiger partial charge is 0.508 e. The minimum atomic E-state index is -0.387. The average Bonchev–Trinajstić information content (AvgIpc) is 2.90. The van der Waals surface area contributed by atoms with Crippen molar-refractivity contribution in [2.24, 2.45) is 5.92 Å². The van der Waals surface area contributed by atoms with Gasteiger partial charge in [-0.3, -0.25) is 4.79 Å². The van der Waals surface area contributed by atoms with Crippen molar-refractivity contribution in [2.75, 3.05) is 20.2 Å². The molecule has 132 valence electrons. The fourth-order valence-corrected chi connectivity index (χ4v) is 3.55. The molecular formula is C20H23NO4. The summed E-state index contributed by atoms with van der Waals surface area (Å²) in [6.07, 6.45) is -0.387. The number of benzene rings is 2. The molecule has 0 saturated carbocycles. The SMILES string of the molecule is CCOC(c1ccc(O)cc1)C1C(=O)N(C)CC1c1ccc(O)cc1. The number of hydrogen-bond acceptors (Lipinski definition) is 4. The molecule has 5 nitrogen and oxygen atoms in total. The van der Waals surface area contributed by atoms with Crippen LogP contribution in [0.2, 0.25) is 0 Å². The monoisotopic (exact) mass is 341 g/mol. The zero-order chi connectivity index (χ0) is 18.0. The van der Waals surface area contributed by atoms with Crippen molar-refractivity contribution in [2.45, 2.75) is 18.9 Å². The molecule has 0 radical (unpaired) electrons. The van der Waals surface area contributed by atoms with Crippen LogP contribution >= 0.6 is 0 Å². The van der Waals surface area contributed by atoms with Crippen LogP contribution in [-0.4, -0.2) is 41.2 Å². The fourth-order valence-electron chi connectivity index (χ4n) is 3.55. The van der Waals surface area contributed by atoms with E-state index in [2.05, 4.69) is 0 Å². The standard InChI is InChI=1S/C20H23NO4/c1-3-25-19(14-6-10-16(23)11-7-14)18-17(12-21(2)20(18)24)13-4-8-15(22)9-5-13/h4-11,17-19,22-23H,3,12H2,1-2H3. The summed E-state index contributed by atoms with van der Waals surface area (Å²) < 4.78 is 5.97. The highest BCUT2D eigenvalue weighted by atomic mass is 16.5. The van der Waals surface area contributed by atoms with Gasteiger partial charge in [0.15, 0.2) is 0 Å². The van der Waals surface area contributed by atoms with Gasteiger partial charge in [-0.05, 0) is 42.3 Å². The zero-order valence-corrected chi connectivity index (χ0v) is 14.4. The Morgan fingerprint density at radius 2 is 1.64 bits per heavy atom. The lowest BCUT2D eigenvalue weighted by molar-refractivity contribution is -0.134. The molecule has 1 aliphatic heterocycles. The lowest BCUT2D eigenvalue weighted by atomic mass is 9.82. The van der Waals surface area contributed by atoms with E-state index in [0.29, 0.717) is 13.2 Å². The number of amides is 1. The summed E-state index contributed by atoms with van der Waals surface area (Å²) in [5.41, 5.74) is 1.88. The van der Waals surface area contributed by atoms with Crippen LogP contribution in [0.5, 0.6) is 11.5 Å². The number of carbonyl (C=O) groups excluding carboxylic acids is 1. The van der Waals surface area contributed by atoms with E-state index in [1.165, 1.54) is 0 Å². The van der Waals surface area contributed by atoms with Gasteiger partial charge in [0.2, 0.25) is 5.91 Å². The highest BCUT2D eigenvalue weighted by molar-refractivity contribution is 5.83. The maximum absolute atomic E-state index is 12.9. The molecular weight excluding hydrogens is 318 g/mol. The molecule has 2 aromatic rings. The second-order valence-electron chi connectivity index (χ2n) is 6.41. The van der Waals surface area contributed by atoms with Gasteiger partial charge in [0.25, 0.3) is 0 Å². The number of aromatic hydroxyl groups is 2. The molecule has 0 aromatic heterocycles. The summed E-state index contributed by atoms with van der Waals surface area (Å²) in [6.45, 7) is 3.00. The molecule has 0 spiro atoms. The molecule has 3 unspecified atom stereocenters. The summed E-state index contributed by atoms with van der Waals surface area (Å²) in [5, 5.41) is 19.1. The van der Waals surface area contributed by atoms with Gasteiger partial charge in [-0.1, -0.05) is 24.3 Å². The summed E-state index contributed by atoms with van der Waals surface area (Å²) in [7, 11) is 1.80. The van der Waals surface area contributed by atoms with Gasteiger partial charge in [-0.25, -0.2) is 0 Å². The second-order valence-corrected chi connectivity index (χ2v) is 6.41. The summed E-state index contributed by atoms with van der Waals surface area (Å²) >= 11 is 0. The zero-order valence-electron chi connectivity index (χ0n) is 14.4. The van der Waals surface area contributed by atoms with Crippen molar-refractivity contribution in [1.29, 1.82) is 0 Å². The Kier molecular flexibility index (Phi) is 4.95. The van der Waals surface area contributed by atoms with E-state index < -0.39 is 0 Å². The molecule has 3 rings (SSSR count). The number of nitrogens with zero attached hydrogens (tertiary/aromatic N) is 1. The number of ether oxygens (including phenoxy) is 1. The van der Waals surface area contributed by atoms with Crippen LogP contribution in [0, 0.1) is 5.92 Å². The lowest BCUT2D eigenvalue weighted by Crippen LogP contribution is -2.28. The number of likely N-dealkylation sites (tertiary alicyclic amines) is 1. The number of hydrogen-bond donors (Lipinski definition) is 2. The number of rotatable bonds is 5. The molecule has 0 aliphatic carbocycles. The first-order valence-electron chi connectivity index (χ1n) is 8.45. The van der Waals surface area contributed by atoms with Crippen LogP contribution in [0.1, 0.15) is 30.1 Å². The number of likely N-dealkylation sites (N-methyl/N-ethyl adjacent to an activating group) is 1. The lowest BCUT2D eigenvalue weighted by Gasteiger charge is -2.27. The van der Waals surface area contributed by atoms with Gasteiger partial charge in [-0.15, -0.1) is 0 Å². The van der Waals surface area contributed by atoms with Crippen LogP contribution in [0.4, 0.5) is 0 Å². The average molecular weight is 341 g/mol. The first-order chi connectivity index (χ1) is 12.0. The molecule has 1 heterocycles. The van der Waals surface area contributed by atoms with Gasteiger partial charge < -0.3 is 19.8 Å². The molecule has 2 N–H and O–H groups in total. The fraction of sp³-hybridized carbons (Fsp3) is 0.350. The molecule has 2 aromatic carbocycles. The number of phenols is 2. The van der Waals surface area contributed by atoms with Crippen molar-refractivity contribution in [3.05, 3.63) is 59.7 Å². The Bertz CT molecular complexity index is 726. The molecule has 0 bridgehead atoms. The molecule has 1 fully saturated rings. The Balaban J connectivity index is 1.99. The highest BCUT2D eigenvalue weighted by Crippen LogP contribution is 2.43. The Morgan fingerprint density at radius 3 is 2.20 bits per heavy atom. The maximum Gasteiger partial charge on any atom is 0.229 e. The van der Waals surface area contributed by atoms with E-state index in [4.69, 9.17) is 4.74 Å². The van der Waals surface area contributed by atoms with E-state index in [-0.39, 0.29) is 35.3 Å². The van der Waals surface area contributed by atoms with Crippen molar-refractivity contribution in [1.82, 2.24) is 4.90 Å². The van der Waals surface area contributed by atoms with E-state index in [0.717, 1.165) is 11.1 Å². The van der Waals surface area contributed by atoms with Crippen molar-refractivity contribution in [3.8, 4) is 11.5 Å². The molecule has 1 saturated heterocycles. The minimum Gasteiger partial charge on any atom is -0.508 e. The second kappa shape index (κ2) is 7.15.